The quantitative estimate of drug-likeness (QED) is 0.762. The first kappa shape index (κ1) is 12.8. The number of aryl methyl sites for hydroxylation is 1. The first-order valence-corrected chi connectivity index (χ1v) is 6.49. The SMILES string of the molecule is CCCCCn1cc(-c2cnn(CCO)c2)cn1. The fourth-order valence-corrected chi connectivity index (χ4v) is 1.90. The highest BCUT2D eigenvalue weighted by molar-refractivity contribution is 5.59. The summed E-state index contributed by atoms with van der Waals surface area (Å²) in [4.78, 5) is 0. The summed E-state index contributed by atoms with van der Waals surface area (Å²) in [5, 5.41) is 17.4. The Balaban J connectivity index is 1.99. The van der Waals surface area contributed by atoms with E-state index in [0.717, 1.165) is 17.7 Å². The topological polar surface area (TPSA) is 55.9 Å². The Bertz CT molecular complexity index is 475. The van der Waals surface area contributed by atoms with Crippen LogP contribution in [0.15, 0.2) is 24.8 Å². The van der Waals surface area contributed by atoms with E-state index in [2.05, 4.69) is 23.3 Å². The van der Waals surface area contributed by atoms with Gasteiger partial charge in [-0.15, -0.1) is 0 Å². The molecule has 0 aliphatic rings. The van der Waals surface area contributed by atoms with Crippen LogP contribution in [-0.4, -0.2) is 31.3 Å². The summed E-state index contributed by atoms with van der Waals surface area (Å²) < 4.78 is 3.72. The Morgan fingerprint density at radius 2 is 1.61 bits per heavy atom. The van der Waals surface area contributed by atoms with Gasteiger partial charge in [0.2, 0.25) is 0 Å². The summed E-state index contributed by atoms with van der Waals surface area (Å²) in [5.74, 6) is 0. The van der Waals surface area contributed by atoms with Crippen LogP contribution in [0.1, 0.15) is 26.2 Å². The fourth-order valence-electron chi connectivity index (χ4n) is 1.90. The molecule has 0 bridgehead atoms. The zero-order chi connectivity index (χ0) is 12.8. The summed E-state index contributed by atoms with van der Waals surface area (Å²) in [6.45, 7) is 3.81. The van der Waals surface area contributed by atoms with Crippen LogP contribution in [0.3, 0.4) is 0 Å². The van der Waals surface area contributed by atoms with Gasteiger partial charge < -0.3 is 5.11 Å². The number of unbranched alkanes of at least 4 members (excludes halogenated alkanes) is 2. The van der Waals surface area contributed by atoms with Gasteiger partial charge in [0.15, 0.2) is 0 Å². The van der Waals surface area contributed by atoms with Crippen LogP contribution in [-0.2, 0) is 13.1 Å². The highest BCUT2D eigenvalue weighted by Crippen LogP contribution is 2.17. The molecule has 0 atom stereocenters. The van der Waals surface area contributed by atoms with E-state index in [-0.39, 0.29) is 6.61 Å². The molecule has 0 amide bonds. The molecule has 0 saturated heterocycles. The second-order valence-electron chi connectivity index (χ2n) is 4.41. The molecule has 0 saturated carbocycles. The van der Waals surface area contributed by atoms with E-state index in [1.165, 1.54) is 19.3 Å². The average molecular weight is 248 g/mol. The number of aliphatic hydroxyl groups excluding tert-OH is 1. The van der Waals surface area contributed by atoms with Crippen LogP contribution in [0.5, 0.6) is 0 Å². The van der Waals surface area contributed by atoms with E-state index in [9.17, 15) is 0 Å². The molecule has 0 radical (unpaired) electrons. The van der Waals surface area contributed by atoms with Crippen molar-refractivity contribution in [3.05, 3.63) is 24.8 Å². The van der Waals surface area contributed by atoms with Gasteiger partial charge in [-0.1, -0.05) is 19.8 Å². The molecule has 1 N–H and O–H groups in total. The Labute approximate surface area is 107 Å². The maximum absolute atomic E-state index is 8.85. The number of aliphatic hydroxyl groups is 1. The van der Waals surface area contributed by atoms with Crippen molar-refractivity contribution in [2.24, 2.45) is 0 Å². The van der Waals surface area contributed by atoms with Gasteiger partial charge in [-0.3, -0.25) is 9.36 Å². The van der Waals surface area contributed by atoms with Crippen molar-refractivity contribution >= 4 is 0 Å². The second-order valence-corrected chi connectivity index (χ2v) is 4.41. The molecule has 5 heteroatoms. The number of rotatable bonds is 7. The normalized spacial score (nSPS) is 11.0. The molecule has 5 nitrogen and oxygen atoms in total. The van der Waals surface area contributed by atoms with E-state index >= 15 is 0 Å². The first-order chi connectivity index (χ1) is 8.83. The molecule has 2 aromatic rings. The Kier molecular flexibility index (Phi) is 4.52. The summed E-state index contributed by atoms with van der Waals surface area (Å²) in [5.41, 5.74) is 2.13. The fraction of sp³-hybridized carbons (Fsp3) is 0.538. The van der Waals surface area contributed by atoms with E-state index < -0.39 is 0 Å². The molecule has 2 rings (SSSR count). The van der Waals surface area contributed by atoms with E-state index in [4.69, 9.17) is 5.11 Å². The molecule has 0 aliphatic carbocycles. The molecule has 18 heavy (non-hydrogen) atoms. The lowest BCUT2D eigenvalue weighted by Gasteiger charge is -1.98. The zero-order valence-electron chi connectivity index (χ0n) is 10.8. The Morgan fingerprint density at radius 3 is 2.17 bits per heavy atom. The van der Waals surface area contributed by atoms with Gasteiger partial charge in [0, 0.05) is 30.1 Å². The van der Waals surface area contributed by atoms with Crippen LogP contribution >= 0.6 is 0 Å². The molecule has 0 spiro atoms. The maximum atomic E-state index is 8.85. The van der Waals surface area contributed by atoms with Crippen LogP contribution in [0.2, 0.25) is 0 Å². The van der Waals surface area contributed by atoms with Crippen molar-refractivity contribution in [1.29, 1.82) is 0 Å². The van der Waals surface area contributed by atoms with Gasteiger partial charge in [0.25, 0.3) is 0 Å². The molecule has 2 heterocycles. The highest BCUT2D eigenvalue weighted by Gasteiger charge is 2.04. The number of hydrogen-bond acceptors (Lipinski definition) is 3. The number of aromatic nitrogens is 4. The number of nitrogens with zero attached hydrogens (tertiary/aromatic N) is 4. The monoisotopic (exact) mass is 248 g/mol. The van der Waals surface area contributed by atoms with Crippen molar-refractivity contribution in [1.82, 2.24) is 19.6 Å². The lowest BCUT2D eigenvalue weighted by Crippen LogP contribution is -2.01. The molecular formula is C13H20N4O. The Morgan fingerprint density at radius 1 is 1.00 bits per heavy atom. The predicted octanol–water partition coefficient (Wildman–Crippen LogP) is 1.93. The van der Waals surface area contributed by atoms with Gasteiger partial charge >= 0.3 is 0 Å². The lowest BCUT2D eigenvalue weighted by atomic mass is 10.2. The lowest BCUT2D eigenvalue weighted by molar-refractivity contribution is 0.269. The molecule has 98 valence electrons. The molecule has 0 fully saturated rings. The van der Waals surface area contributed by atoms with Gasteiger partial charge in [0.1, 0.15) is 0 Å². The third-order valence-corrected chi connectivity index (χ3v) is 2.92. The van der Waals surface area contributed by atoms with Crippen LogP contribution in [0.25, 0.3) is 11.1 Å². The van der Waals surface area contributed by atoms with Crippen molar-refractivity contribution in [2.75, 3.05) is 6.61 Å². The summed E-state index contributed by atoms with van der Waals surface area (Å²) in [6.07, 6.45) is 11.3. The van der Waals surface area contributed by atoms with Crippen LogP contribution in [0.4, 0.5) is 0 Å². The summed E-state index contributed by atoms with van der Waals surface area (Å²) in [7, 11) is 0. The van der Waals surface area contributed by atoms with Gasteiger partial charge in [-0.25, -0.2) is 0 Å². The van der Waals surface area contributed by atoms with Crippen molar-refractivity contribution in [3.63, 3.8) is 0 Å². The maximum Gasteiger partial charge on any atom is 0.0641 e. The van der Waals surface area contributed by atoms with Crippen LogP contribution < -0.4 is 0 Å². The predicted molar refractivity (Wildman–Crippen MR) is 70.1 cm³/mol. The van der Waals surface area contributed by atoms with Crippen molar-refractivity contribution in [3.8, 4) is 11.1 Å². The molecular weight excluding hydrogens is 228 g/mol. The van der Waals surface area contributed by atoms with E-state index in [0.29, 0.717) is 6.54 Å². The summed E-state index contributed by atoms with van der Waals surface area (Å²) >= 11 is 0. The Hall–Kier alpha value is -1.62. The van der Waals surface area contributed by atoms with Gasteiger partial charge in [-0.2, -0.15) is 10.2 Å². The first-order valence-electron chi connectivity index (χ1n) is 6.49. The average Bonchev–Trinajstić information content (AvgIpc) is 2.98. The van der Waals surface area contributed by atoms with E-state index in [1.807, 2.05) is 23.3 Å². The molecule has 2 aromatic heterocycles. The minimum absolute atomic E-state index is 0.109. The third-order valence-electron chi connectivity index (χ3n) is 2.92. The minimum Gasteiger partial charge on any atom is -0.394 e. The standard InChI is InChI=1S/C13H20N4O/c1-2-3-4-5-16-10-12(8-14-16)13-9-15-17(11-13)6-7-18/h8-11,18H,2-7H2,1H3. The van der Waals surface area contributed by atoms with Crippen molar-refractivity contribution in [2.45, 2.75) is 39.3 Å². The summed E-state index contributed by atoms with van der Waals surface area (Å²) in [6, 6.07) is 0. The smallest absolute Gasteiger partial charge is 0.0641 e. The molecule has 0 aliphatic heterocycles. The third kappa shape index (κ3) is 3.20. The minimum atomic E-state index is 0.109. The second kappa shape index (κ2) is 6.35. The highest BCUT2D eigenvalue weighted by atomic mass is 16.3. The van der Waals surface area contributed by atoms with Crippen molar-refractivity contribution < 1.29 is 5.11 Å². The van der Waals surface area contributed by atoms with Gasteiger partial charge in [0.05, 0.1) is 25.5 Å². The number of hydrogen-bond donors (Lipinski definition) is 1. The molecule has 0 unspecified atom stereocenters. The van der Waals surface area contributed by atoms with Gasteiger partial charge in [-0.05, 0) is 6.42 Å². The van der Waals surface area contributed by atoms with Crippen LogP contribution in [0, 0.1) is 0 Å². The zero-order valence-corrected chi connectivity index (χ0v) is 10.8. The largest absolute Gasteiger partial charge is 0.394 e. The molecule has 0 aromatic carbocycles. The van der Waals surface area contributed by atoms with E-state index in [1.54, 1.807) is 4.68 Å².